The van der Waals surface area contributed by atoms with Crippen molar-refractivity contribution < 1.29 is 14.6 Å². The molecule has 4 nitrogen and oxygen atoms in total. The summed E-state index contributed by atoms with van der Waals surface area (Å²) in [6, 6.07) is 2.33. The first-order valence-corrected chi connectivity index (χ1v) is 4.43. The van der Waals surface area contributed by atoms with Crippen molar-refractivity contribution in [1.29, 1.82) is 0 Å². The van der Waals surface area contributed by atoms with E-state index in [1.54, 1.807) is 0 Å². The van der Waals surface area contributed by atoms with Crippen molar-refractivity contribution in [2.75, 3.05) is 11.6 Å². The van der Waals surface area contributed by atoms with Gasteiger partial charge in [0, 0.05) is 0 Å². The van der Waals surface area contributed by atoms with Crippen LogP contribution in [0.15, 0.2) is 12.1 Å². The van der Waals surface area contributed by atoms with Crippen LogP contribution in [-0.2, 0) is 0 Å². The van der Waals surface area contributed by atoms with Crippen LogP contribution in [-0.4, -0.2) is 27.2 Å². The Bertz CT molecular complexity index is 324. The summed E-state index contributed by atoms with van der Waals surface area (Å²) in [6.45, 7) is 0. The van der Waals surface area contributed by atoms with Crippen molar-refractivity contribution in [1.82, 2.24) is 4.98 Å². The van der Waals surface area contributed by atoms with Crippen LogP contribution in [0.3, 0.4) is 0 Å². The van der Waals surface area contributed by atoms with Crippen LogP contribution < -0.4 is 5.73 Å². The van der Waals surface area contributed by atoms with E-state index in [9.17, 15) is 14.6 Å². The Hall–Kier alpha value is -0.910. The molecule has 1 aromatic rings. The molecule has 0 spiro atoms. The minimum atomic E-state index is -1.37. The number of nitrogen functional groups attached to an aromatic ring is 1. The summed E-state index contributed by atoms with van der Waals surface area (Å²) in [7, 11) is 0. The first-order chi connectivity index (χ1) is 6.56. The molecular formula is C8H10ClFN2O2. The summed E-state index contributed by atoms with van der Waals surface area (Å²) < 4.78 is 12.7. The normalized spacial score (nSPS) is 15.1. The van der Waals surface area contributed by atoms with Crippen LogP contribution in [0.1, 0.15) is 11.8 Å². The van der Waals surface area contributed by atoms with Gasteiger partial charge in [0.1, 0.15) is 6.10 Å². The average molecular weight is 221 g/mol. The average Bonchev–Trinajstić information content (AvgIpc) is 2.19. The molecule has 1 aromatic heterocycles. The lowest BCUT2D eigenvalue weighted by molar-refractivity contribution is 0.0300. The van der Waals surface area contributed by atoms with Gasteiger partial charge in [-0.25, -0.2) is 4.98 Å². The molecule has 0 bridgehead atoms. The molecule has 0 aliphatic heterocycles. The molecule has 1 heterocycles. The maximum absolute atomic E-state index is 12.7. The monoisotopic (exact) mass is 220 g/mol. The second-order valence-electron chi connectivity index (χ2n) is 2.77. The van der Waals surface area contributed by atoms with Crippen molar-refractivity contribution in [3.63, 3.8) is 0 Å². The van der Waals surface area contributed by atoms with Gasteiger partial charge in [-0.1, -0.05) is 0 Å². The van der Waals surface area contributed by atoms with Crippen LogP contribution in [0.25, 0.3) is 0 Å². The third-order valence-corrected chi connectivity index (χ3v) is 2.04. The van der Waals surface area contributed by atoms with Crippen molar-refractivity contribution in [3.8, 4) is 0 Å². The molecule has 0 amide bonds. The highest BCUT2D eigenvalue weighted by Gasteiger charge is 2.21. The number of nitrogens with two attached hydrogens (primary N) is 1. The van der Waals surface area contributed by atoms with E-state index in [1.165, 1.54) is 6.07 Å². The summed E-state index contributed by atoms with van der Waals surface area (Å²) in [4.78, 5) is 3.38. The van der Waals surface area contributed by atoms with Gasteiger partial charge < -0.3 is 15.9 Å². The number of hydrogen-bond acceptors (Lipinski definition) is 4. The van der Waals surface area contributed by atoms with Gasteiger partial charge in [0.15, 0.2) is 0 Å². The van der Waals surface area contributed by atoms with Crippen molar-refractivity contribution >= 4 is 17.3 Å². The second kappa shape index (κ2) is 4.54. The van der Waals surface area contributed by atoms with E-state index >= 15 is 0 Å². The van der Waals surface area contributed by atoms with E-state index in [0.29, 0.717) is 0 Å². The number of rotatable bonds is 3. The Morgan fingerprint density at radius 3 is 2.71 bits per heavy atom. The number of aliphatic hydroxyl groups is 2. The minimum absolute atomic E-state index is 0.0989. The second-order valence-corrected chi connectivity index (χ2v) is 3.08. The Kier molecular flexibility index (Phi) is 3.62. The van der Waals surface area contributed by atoms with Gasteiger partial charge in [-0.3, -0.25) is 0 Å². The first kappa shape index (κ1) is 11.2. The maximum atomic E-state index is 12.7. The van der Waals surface area contributed by atoms with Gasteiger partial charge in [0.25, 0.3) is 0 Å². The van der Waals surface area contributed by atoms with Gasteiger partial charge in [-0.2, -0.15) is 4.39 Å². The fourth-order valence-electron chi connectivity index (χ4n) is 0.964. The topological polar surface area (TPSA) is 79.4 Å². The molecule has 0 fully saturated rings. The van der Waals surface area contributed by atoms with Crippen LogP contribution in [0.2, 0.25) is 0 Å². The zero-order chi connectivity index (χ0) is 10.7. The third-order valence-electron chi connectivity index (χ3n) is 1.73. The van der Waals surface area contributed by atoms with E-state index in [4.69, 9.17) is 17.3 Å². The van der Waals surface area contributed by atoms with Crippen LogP contribution in [0.4, 0.5) is 10.1 Å². The van der Waals surface area contributed by atoms with Gasteiger partial charge in [-0.15, -0.1) is 11.6 Å². The maximum Gasteiger partial charge on any atom is 0.213 e. The number of hydrogen-bond donors (Lipinski definition) is 3. The number of aromatic nitrogens is 1. The van der Waals surface area contributed by atoms with Gasteiger partial charge in [0.2, 0.25) is 5.95 Å². The summed E-state index contributed by atoms with van der Waals surface area (Å²) >= 11 is 5.32. The number of nitrogens with zero attached hydrogens (tertiary/aromatic N) is 1. The molecule has 4 N–H and O–H groups in total. The zero-order valence-corrected chi connectivity index (χ0v) is 7.95. The Morgan fingerprint density at radius 2 is 2.14 bits per heavy atom. The molecule has 0 saturated heterocycles. The molecule has 0 radical (unpaired) electrons. The highest BCUT2D eigenvalue weighted by Crippen LogP contribution is 2.21. The Morgan fingerprint density at radius 1 is 1.50 bits per heavy atom. The van der Waals surface area contributed by atoms with Crippen LogP contribution >= 0.6 is 11.6 Å². The van der Waals surface area contributed by atoms with Gasteiger partial charge in [-0.05, 0) is 12.1 Å². The van der Waals surface area contributed by atoms with E-state index in [1.807, 2.05) is 0 Å². The standard InChI is InChI=1S/C8H10ClFN2O2/c9-3-5(13)8(14)7-4(11)1-2-6(10)12-7/h1-2,5,8,13-14H,3,11H2. The number of alkyl halides is 1. The Labute approximate surface area is 85.1 Å². The highest BCUT2D eigenvalue weighted by molar-refractivity contribution is 6.18. The lowest BCUT2D eigenvalue weighted by Crippen LogP contribution is -2.22. The summed E-state index contributed by atoms with van der Waals surface area (Å²) in [5.74, 6) is -0.950. The predicted octanol–water partition coefficient (Wildman–Crippen LogP) is 0.436. The molecule has 6 heteroatoms. The van der Waals surface area contributed by atoms with E-state index in [-0.39, 0.29) is 17.3 Å². The quantitative estimate of drug-likeness (QED) is 0.510. The molecule has 2 unspecified atom stereocenters. The molecule has 0 aromatic carbocycles. The molecule has 0 aliphatic carbocycles. The van der Waals surface area contributed by atoms with Crippen molar-refractivity contribution in [2.24, 2.45) is 0 Å². The fraction of sp³-hybridized carbons (Fsp3) is 0.375. The summed E-state index contributed by atoms with van der Waals surface area (Å²) in [5, 5.41) is 18.6. The SMILES string of the molecule is Nc1ccc(F)nc1C(O)C(O)CCl. The first-order valence-electron chi connectivity index (χ1n) is 3.90. The molecule has 14 heavy (non-hydrogen) atoms. The third kappa shape index (κ3) is 2.31. The van der Waals surface area contributed by atoms with E-state index in [2.05, 4.69) is 4.98 Å². The zero-order valence-electron chi connectivity index (χ0n) is 7.19. The molecular weight excluding hydrogens is 211 g/mol. The van der Waals surface area contributed by atoms with E-state index in [0.717, 1.165) is 6.07 Å². The smallest absolute Gasteiger partial charge is 0.213 e. The van der Waals surface area contributed by atoms with Gasteiger partial charge >= 0.3 is 0 Å². The molecule has 2 atom stereocenters. The number of anilines is 1. The van der Waals surface area contributed by atoms with E-state index < -0.39 is 18.2 Å². The summed E-state index contributed by atoms with van der Waals surface area (Å²) in [5.41, 5.74) is 5.45. The molecule has 0 aliphatic rings. The summed E-state index contributed by atoms with van der Waals surface area (Å²) in [6.07, 6.45) is -2.59. The largest absolute Gasteiger partial charge is 0.397 e. The fourth-order valence-corrected chi connectivity index (χ4v) is 1.13. The lowest BCUT2D eigenvalue weighted by atomic mass is 10.1. The molecule has 78 valence electrons. The van der Waals surface area contributed by atoms with Crippen molar-refractivity contribution in [2.45, 2.75) is 12.2 Å². The number of pyridine rings is 1. The molecule has 0 saturated carbocycles. The molecule has 1 rings (SSSR count). The lowest BCUT2D eigenvalue weighted by Gasteiger charge is -2.16. The van der Waals surface area contributed by atoms with Gasteiger partial charge in [0.05, 0.1) is 23.4 Å². The minimum Gasteiger partial charge on any atom is -0.397 e. The predicted molar refractivity (Wildman–Crippen MR) is 50.3 cm³/mol. The van der Waals surface area contributed by atoms with Crippen LogP contribution in [0, 0.1) is 5.95 Å². The highest BCUT2D eigenvalue weighted by atomic mass is 35.5. The number of aliphatic hydroxyl groups excluding tert-OH is 2. The Balaban J connectivity index is 2.99. The van der Waals surface area contributed by atoms with Crippen LogP contribution in [0.5, 0.6) is 0 Å². The van der Waals surface area contributed by atoms with Crippen molar-refractivity contribution in [3.05, 3.63) is 23.8 Å². The number of halogens is 2.